The predicted octanol–water partition coefficient (Wildman–Crippen LogP) is 3.76. The van der Waals surface area contributed by atoms with Crippen LogP contribution in [0.15, 0.2) is 69.0 Å². The molecule has 126 valence electrons. The molecule has 0 aliphatic heterocycles. The monoisotopic (exact) mass is 354 g/mol. The van der Waals surface area contributed by atoms with Gasteiger partial charge >= 0.3 is 0 Å². The van der Waals surface area contributed by atoms with Crippen LogP contribution in [0, 0.1) is 0 Å². The summed E-state index contributed by atoms with van der Waals surface area (Å²) in [6.07, 6.45) is 1.65. The number of para-hydroxylation sites is 2. The van der Waals surface area contributed by atoms with E-state index < -0.39 is 0 Å². The maximum absolute atomic E-state index is 12.5. The van der Waals surface area contributed by atoms with Gasteiger partial charge in [0.2, 0.25) is 5.88 Å². The van der Waals surface area contributed by atoms with Crippen LogP contribution >= 0.6 is 12.0 Å². The van der Waals surface area contributed by atoms with Crippen LogP contribution in [0.4, 0.5) is 0 Å². The molecule has 0 aliphatic carbocycles. The molecule has 0 spiro atoms. The number of ether oxygens (including phenoxy) is 1. The lowest BCUT2D eigenvalue weighted by Crippen LogP contribution is -2.04. The van der Waals surface area contributed by atoms with Crippen LogP contribution in [0.1, 0.15) is 0 Å². The highest BCUT2D eigenvalue weighted by Crippen LogP contribution is 2.25. The maximum Gasteiger partial charge on any atom is 0.209 e. The summed E-state index contributed by atoms with van der Waals surface area (Å²) < 4.78 is 17.8. The van der Waals surface area contributed by atoms with Crippen LogP contribution in [-0.2, 0) is 8.92 Å². The lowest BCUT2D eigenvalue weighted by Gasteiger charge is -2.06. The minimum absolute atomic E-state index is 0.108. The zero-order chi connectivity index (χ0) is 17.2. The standard InChI is InChI=1S/C18H14N2O4S/c1-22-11-23-25-12-6-7-13-16(21)9-18(24-17(13)8-12)20-10-19-14-4-2-3-5-15(14)20/h2-10H,11H2,1H3. The van der Waals surface area contributed by atoms with Gasteiger partial charge in [-0.25, -0.2) is 4.98 Å². The van der Waals surface area contributed by atoms with E-state index in [4.69, 9.17) is 13.3 Å². The Hall–Kier alpha value is -2.61. The molecule has 0 fully saturated rings. The van der Waals surface area contributed by atoms with Gasteiger partial charge in [-0.1, -0.05) is 12.1 Å². The van der Waals surface area contributed by atoms with Crippen molar-refractivity contribution in [2.75, 3.05) is 13.9 Å². The number of methoxy groups -OCH3 is 1. The highest BCUT2D eigenvalue weighted by Gasteiger charge is 2.10. The molecule has 0 radical (unpaired) electrons. The molecule has 0 amide bonds. The molecule has 0 bridgehead atoms. The lowest BCUT2D eigenvalue weighted by atomic mass is 10.2. The Bertz CT molecular complexity index is 1100. The van der Waals surface area contributed by atoms with Crippen molar-refractivity contribution in [3.8, 4) is 5.88 Å². The first-order valence-electron chi connectivity index (χ1n) is 7.55. The molecule has 0 unspecified atom stereocenters. The summed E-state index contributed by atoms with van der Waals surface area (Å²) in [4.78, 5) is 17.6. The highest BCUT2D eigenvalue weighted by atomic mass is 32.2. The molecular formula is C18H14N2O4S. The van der Waals surface area contributed by atoms with Crippen molar-refractivity contribution in [1.29, 1.82) is 0 Å². The quantitative estimate of drug-likeness (QED) is 0.309. The van der Waals surface area contributed by atoms with Gasteiger partial charge in [-0.15, -0.1) is 0 Å². The van der Waals surface area contributed by atoms with Crippen LogP contribution in [0.2, 0.25) is 0 Å². The summed E-state index contributed by atoms with van der Waals surface area (Å²) in [7, 11) is 1.56. The van der Waals surface area contributed by atoms with Crippen molar-refractivity contribution in [2.24, 2.45) is 0 Å². The second-order valence-corrected chi connectivity index (χ2v) is 6.19. The number of nitrogens with zero attached hydrogens (tertiary/aromatic N) is 2. The maximum atomic E-state index is 12.5. The van der Waals surface area contributed by atoms with Crippen molar-refractivity contribution in [3.63, 3.8) is 0 Å². The third kappa shape index (κ3) is 3.05. The zero-order valence-electron chi connectivity index (χ0n) is 13.3. The lowest BCUT2D eigenvalue weighted by molar-refractivity contribution is 0.0670. The zero-order valence-corrected chi connectivity index (χ0v) is 14.2. The largest absolute Gasteiger partial charge is 0.439 e. The number of benzene rings is 2. The van der Waals surface area contributed by atoms with Gasteiger partial charge in [0.25, 0.3) is 0 Å². The number of fused-ring (bicyclic) bond motifs is 2. The van der Waals surface area contributed by atoms with Crippen LogP contribution in [0.3, 0.4) is 0 Å². The fourth-order valence-corrected chi connectivity index (χ4v) is 3.13. The van der Waals surface area contributed by atoms with E-state index in [0.717, 1.165) is 15.9 Å². The molecule has 2 heterocycles. The summed E-state index contributed by atoms with van der Waals surface area (Å²) in [5.41, 5.74) is 2.09. The Balaban J connectivity index is 1.81. The van der Waals surface area contributed by atoms with Gasteiger partial charge in [0, 0.05) is 30.1 Å². The Morgan fingerprint density at radius 1 is 1.20 bits per heavy atom. The smallest absolute Gasteiger partial charge is 0.209 e. The summed E-state index contributed by atoms with van der Waals surface area (Å²) >= 11 is 1.17. The second kappa shape index (κ2) is 6.72. The van der Waals surface area contributed by atoms with Crippen LogP contribution in [0.5, 0.6) is 0 Å². The van der Waals surface area contributed by atoms with E-state index >= 15 is 0 Å². The molecule has 0 saturated heterocycles. The third-order valence-corrected chi connectivity index (χ3v) is 4.36. The Labute approximate surface area is 147 Å². The summed E-state index contributed by atoms with van der Waals surface area (Å²) in [5, 5.41) is 0.518. The predicted molar refractivity (Wildman–Crippen MR) is 95.9 cm³/mol. The molecule has 25 heavy (non-hydrogen) atoms. The molecule has 0 N–H and O–H groups in total. The summed E-state index contributed by atoms with van der Waals surface area (Å²) in [5.74, 6) is 0.422. The number of hydrogen-bond donors (Lipinski definition) is 0. The van der Waals surface area contributed by atoms with E-state index in [2.05, 4.69) is 4.98 Å². The van der Waals surface area contributed by atoms with E-state index in [9.17, 15) is 4.79 Å². The fourth-order valence-electron chi connectivity index (χ4n) is 2.57. The van der Waals surface area contributed by atoms with Crippen molar-refractivity contribution < 1.29 is 13.3 Å². The number of imidazole rings is 1. The van der Waals surface area contributed by atoms with Crippen LogP contribution in [-0.4, -0.2) is 23.5 Å². The van der Waals surface area contributed by atoms with Gasteiger partial charge in [0.15, 0.2) is 12.2 Å². The normalized spacial score (nSPS) is 11.4. The Morgan fingerprint density at radius 3 is 2.96 bits per heavy atom. The topological polar surface area (TPSA) is 66.5 Å². The molecule has 4 aromatic rings. The van der Waals surface area contributed by atoms with Gasteiger partial charge in [-0.05, 0) is 30.3 Å². The van der Waals surface area contributed by atoms with Crippen molar-refractivity contribution in [2.45, 2.75) is 4.90 Å². The SMILES string of the molecule is COCOSc1ccc2c(=O)cc(-n3cnc4ccccc43)oc2c1. The molecular weight excluding hydrogens is 340 g/mol. The van der Waals surface area contributed by atoms with E-state index in [1.54, 1.807) is 30.1 Å². The molecule has 2 aromatic heterocycles. The molecule has 2 aromatic carbocycles. The molecule has 0 saturated carbocycles. The molecule has 0 atom stereocenters. The van der Waals surface area contributed by atoms with E-state index in [0.29, 0.717) is 16.9 Å². The molecule has 6 nitrogen and oxygen atoms in total. The van der Waals surface area contributed by atoms with Gasteiger partial charge < -0.3 is 9.15 Å². The first kappa shape index (κ1) is 15.9. The number of rotatable bonds is 5. The molecule has 7 heteroatoms. The first-order valence-corrected chi connectivity index (χ1v) is 8.29. The van der Waals surface area contributed by atoms with Gasteiger partial charge in [-0.3, -0.25) is 13.5 Å². The van der Waals surface area contributed by atoms with E-state index in [-0.39, 0.29) is 12.2 Å². The van der Waals surface area contributed by atoms with Gasteiger partial charge in [0.1, 0.15) is 11.9 Å². The Kier molecular flexibility index (Phi) is 4.27. The average Bonchev–Trinajstić information content (AvgIpc) is 3.06. The third-order valence-electron chi connectivity index (χ3n) is 3.70. The van der Waals surface area contributed by atoms with Gasteiger partial charge in [0.05, 0.1) is 16.4 Å². The summed E-state index contributed by atoms with van der Waals surface area (Å²) in [6.45, 7) is 0.174. The first-order chi connectivity index (χ1) is 12.3. The van der Waals surface area contributed by atoms with Crippen molar-refractivity contribution >= 4 is 34.0 Å². The summed E-state index contributed by atoms with van der Waals surface area (Å²) in [6, 6.07) is 14.5. The number of aromatic nitrogens is 2. The highest BCUT2D eigenvalue weighted by molar-refractivity contribution is 7.94. The van der Waals surface area contributed by atoms with Gasteiger partial charge in [-0.2, -0.15) is 0 Å². The Morgan fingerprint density at radius 2 is 2.08 bits per heavy atom. The van der Waals surface area contributed by atoms with Crippen molar-refractivity contribution in [3.05, 3.63) is 65.1 Å². The minimum atomic E-state index is -0.108. The second-order valence-electron chi connectivity index (χ2n) is 5.32. The minimum Gasteiger partial charge on any atom is -0.439 e. The number of hydrogen-bond acceptors (Lipinski definition) is 6. The average molecular weight is 354 g/mol. The van der Waals surface area contributed by atoms with E-state index in [1.165, 1.54) is 18.1 Å². The van der Waals surface area contributed by atoms with Crippen LogP contribution in [0.25, 0.3) is 27.9 Å². The van der Waals surface area contributed by atoms with Crippen molar-refractivity contribution in [1.82, 2.24) is 9.55 Å². The molecule has 4 rings (SSSR count). The van der Waals surface area contributed by atoms with Crippen LogP contribution < -0.4 is 5.43 Å². The molecule has 0 aliphatic rings. The fraction of sp³-hybridized carbons (Fsp3) is 0.111. The van der Waals surface area contributed by atoms with E-state index in [1.807, 2.05) is 30.3 Å².